The molecule has 0 aliphatic heterocycles. The average Bonchev–Trinajstić information content (AvgIpc) is 2.24. The summed E-state index contributed by atoms with van der Waals surface area (Å²) in [6, 6.07) is -1.15. The van der Waals surface area contributed by atoms with Gasteiger partial charge in [0, 0.05) is 18.0 Å². The summed E-state index contributed by atoms with van der Waals surface area (Å²) in [5.74, 6) is -5.33. The number of hydrogen-bond acceptors (Lipinski definition) is 6. The van der Waals surface area contributed by atoms with Gasteiger partial charge in [0.15, 0.2) is 0 Å². The van der Waals surface area contributed by atoms with E-state index in [9.17, 15) is 19.2 Å². The van der Waals surface area contributed by atoms with Gasteiger partial charge in [0.25, 0.3) is 0 Å². The van der Waals surface area contributed by atoms with Crippen LogP contribution in [0.1, 0.15) is 19.3 Å². The molecule has 0 bridgehead atoms. The molecule has 21 heavy (non-hydrogen) atoms. The zero-order chi connectivity index (χ0) is 16.6. The third-order valence-corrected chi connectivity index (χ3v) is 2.94. The Kier molecular flexibility index (Phi) is 7.31. The molecule has 0 saturated heterocycles. The highest BCUT2D eigenvalue weighted by Crippen LogP contribution is 2.34. The van der Waals surface area contributed by atoms with Crippen molar-refractivity contribution in [1.29, 1.82) is 0 Å². The Morgan fingerprint density at radius 3 is 1.52 bits per heavy atom. The fourth-order valence-corrected chi connectivity index (χ4v) is 2.04. The van der Waals surface area contributed by atoms with Gasteiger partial charge < -0.3 is 31.5 Å². The molecular formula is C11H18N2O8. The van der Waals surface area contributed by atoms with Crippen LogP contribution in [-0.2, 0) is 19.2 Å². The molecule has 0 radical (unpaired) electrons. The third kappa shape index (κ3) is 7.22. The molecule has 0 aromatic heterocycles. The summed E-state index contributed by atoms with van der Waals surface area (Å²) in [4.78, 5) is 43.1. The van der Waals surface area contributed by atoms with Crippen molar-refractivity contribution in [3.8, 4) is 0 Å². The van der Waals surface area contributed by atoms with Crippen LogP contribution in [0.25, 0.3) is 0 Å². The standard InChI is InChI=1S/C11H18N2O8/c12-6(4-13-5-10(20)21)11(1-7(14)15,2-8(16)17)3-9(18)19/h6,13H,1-5,12H2,(H,14,15)(H,16,17)(H,18,19)(H,20,21). The molecule has 120 valence electrons. The van der Waals surface area contributed by atoms with Gasteiger partial charge in [-0.05, 0) is 0 Å². The number of nitrogens with one attached hydrogen (secondary N) is 1. The average molecular weight is 306 g/mol. The van der Waals surface area contributed by atoms with Crippen molar-refractivity contribution < 1.29 is 39.6 Å². The summed E-state index contributed by atoms with van der Waals surface area (Å²) in [6.07, 6.45) is -2.25. The van der Waals surface area contributed by atoms with Crippen molar-refractivity contribution in [3.63, 3.8) is 0 Å². The molecule has 1 unspecified atom stereocenters. The lowest BCUT2D eigenvalue weighted by atomic mass is 9.72. The Balaban J connectivity index is 5.18. The van der Waals surface area contributed by atoms with Crippen LogP contribution in [-0.4, -0.2) is 63.4 Å². The Labute approximate surface area is 119 Å². The van der Waals surface area contributed by atoms with Crippen molar-refractivity contribution in [2.45, 2.75) is 25.3 Å². The van der Waals surface area contributed by atoms with Gasteiger partial charge in [0.2, 0.25) is 0 Å². The summed E-state index contributed by atoms with van der Waals surface area (Å²) in [6.45, 7) is -0.683. The fourth-order valence-electron chi connectivity index (χ4n) is 2.04. The summed E-state index contributed by atoms with van der Waals surface area (Å²) in [5, 5.41) is 37.5. The van der Waals surface area contributed by atoms with Gasteiger partial charge in [-0.25, -0.2) is 0 Å². The second kappa shape index (κ2) is 8.17. The molecule has 0 aliphatic rings. The van der Waals surface area contributed by atoms with Crippen molar-refractivity contribution in [3.05, 3.63) is 0 Å². The highest BCUT2D eigenvalue weighted by Gasteiger charge is 2.42. The maximum Gasteiger partial charge on any atom is 0.317 e. The molecule has 1 atom stereocenters. The van der Waals surface area contributed by atoms with E-state index in [-0.39, 0.29) is 6.54 Å². The van der Waals surface area contributed by atoms with Crippen LogP contribution in [0.3, 0.4) is 0 Å². The van der Waals surface area contributed by atoms with Gasteiger partial charge >= 0.3 is 23.9 Å². The minimum Gasteiger partial charge on any atom is -0.481 e. The lowest BCUT2D eigenvalue weighted by Crippen LogP contribution is -2.51. The number of hydrogen-bond donors (Lipinski definition) is 6. The van der Waals surface area contributed by atoms with Crippen LogP contribution in [0.15, 0.2) is 0 Å². The van der Waals surface area contributed by atoms with E-state index in [1.807, 2.05) is 0 Å². The first kappa shape index (κ1) is 18.8. The molecule has 0 spiro atoms. The first-order chi connectivity index (χ1) is 9.59. The highest BCUT2D eigenvalue weighted by molar-refractivity contribution is 5.76. The van der Waals surface area contributed by atoms with E-state index < -0.39 is 61.1 Å². The van der Waals surface area contributed by atoms with Gasteiger partial charge in [-0.1, -0.05) is 0 Å². The summed E-state index contributed by atoms with van der Waals surface area (Å²) in [5.41, 5.74) is 4.03. The quantitative estimate of drug-likeness (QED) is 0.259. The van der Waals surface area contributed by atoms with Crippen LogP contribution in [0.5, 0.6) is 0 Å². The molecule has 0 aliphatic carbocycles. The zero-order valence-corrected chi connectivity index (χ0v) is 11.1. The van der Waals surface area contributed by atoms with Crippen LogP contribution >= 0.6 is 0 Å². The topological polar surface area (TPSA) is 187 Å². The van der Waals surface area contributed by atoms with Crippen molar-refractivity contribution in [1.82, 2.24) is 5.32 Å². The molecule has 0 amide bonds. The van der Waals surface area contributed by atoms with Crippen molar-refractivity contribution >= 4 is 23.9 Å². The molecule has 0 aromatic rings. The maximum absolute atomic E-state index is 10.9. The van der Waals surface area contributed by atoms with E-state index >= 15 is 0 Å². The molecule has 0 heterocycles. The van der Waals surface area contributed by atoms with Gasteiger partial charge in [-0.3, -0.25) is 19.2 Å². The molecule has 0 fully saturated rings. The lowest BCUT2D eigenvalue weighted by Gasteiger charge is -2.35. The second-order valence-corrected chi connectivity index (χ2v) is 4.71. The molecular weight excluding hydrogens is 288 g/mol. The van der Waals surface area contributed by atoms with E-state index in [1.165, 1.54) is 0 Å². The Hall–Kier alpha value is -2.20. The SMILES string of the molecule is NC(CNCC(=O)O)C(CC(=O)O)(CC(=O)O)CC(=O)O. The summed E-state index contributed by atoms with van der Waals surface area (Å²) in [7, 11) is 0. The second-order valence-electron chi connectivity index (χ2n) is 4.71. The van der Waals surface area contributed by atoms with Gasteiger partial charge in [-0.2, -0.15) is 0 Å². The monoisotopic (exact) mass is 306 g/mol. The van der Waals surface area contributed by atoms with Gasteiger partial charge in [0.1, 0.15) is 0 Å². The Morgan fingerprint density at radius 1 is 0.857 bits per heavy atom. The number of carboxylic acids is 4. The van der Waals surface area contributed by atoms with Gasteiger partial charge in [0.05, 0.1) is 25.8 Å². The number of rotatable bonds is 11. The minimum atomic E-state index is -1.71. The minimum absolute atomic E-state index is 0.222. The van der Waals surface area contributed by atoms with Gasteiger partial charge in [-0.15, -0.1) is 0 Å². The van der Waals surface area contributed by atoms with E-state index in [2.05, 4.69) is 5.32 Å². The van der Waals surface area contributed by atoms with Crippen LogP contribution < -0.4 is 11.1 Å². The molecule has 0 aromatic carbocycles. The highest BCUT2D eigenvalue weighted by atomic mass is 16.4. The smallest absolute Gasteiger partial charge is 0.317 e. The third-order valence-electron chi connectivity index (χ3n) is 2.94. The molecule has 10 nitrogen and oxygen atoms in total. The van der Waals surface area contributed by atoms with Crippen molar-refractivity contribution in [2.75, 3.05) is 13.1 Å². The number of carbonyl (C=O) groups is 4. The Morgan fingerprint density at radius 2 is 1.24 bits per heavy atom. The van der Waals surface area contributed by atoms with E-state index in [0.29, 0.717) is 0 Å². The summed E-state index contributed by atoms with van der Waals surface area (Å²) >= 11 is 0. The molecule has 7 N–H and O–H groups in total. The largest absolute Gasteiger partial charge is 0.481 e. The van der Waals surface area contributed by atoms with E-state index in [0.717, 1.165) is 0 Å². The van der Waals surface area contributed by atoms with Crippen LogP contribution in [0, 0.1) is 5.41 Å². The molecule has 10 heteroatoms. The number of carboxylic acid groups (broad SMARTS) is 4. The predicted octanol–water partition coefficient (Wildman–Crippen LogP) is -1.60. The fraction of sp³-hybridized carbons (Fsp3) is 0.636. The first-order valence-corrected chi connectivity index (χ1v) is 5.92. The first-order valence-electron chi connectivity index (χ1n) is 5.92. The molecule has 0 saturated carbocycles. The van der Waals surface area contributed by atoms with E-state index in [1.54, 1.807) is 0 Å². The van der Waals surface area contributed by atoms with Crippen LogP contribution in [0.2, 0.25) is 0 Å². The van der Waals surface area contributed by atoms with E-state index in [4.69, 9.17) is 26.2 Å². The zero-order valence-electron chi connectivity index (χ0n) is 11.1. The maximum atomic E-state index is 10.9. The number of aliphatic carboxylic acids is 4. The number of nitrogens with two attached hydrogens (primary N) is 1. The lowest BCUT2D eigenvalue weighted by molar-refractivity contribution is -0.149. The predicted molar refractivity (Wildman–Crippen MR) is 67.7 cm³/mol. The van der Waals surface area contributed by atoms with Crippen molar-refractivity contribution in [2.24, 2.45) is 11.1 Å². The Bertz CT molecular complexity index is 382. The molecule has 0 rings (SSSR count). The summed E-state index contributed by atoms with van der Waals surface area (Å²) < 4.78 is 0. The van der Waals surface area contributed by atoms with Crippen LogP contribution in [0.4, 0.5) is 0 Å². The normalized spacial score (nSPS) is 12.6.